The number of halogens is 1. The highest BCUT2D eigenvalue weighted by Crippen LogP contribution is 2.27. The number of nitrogens with zero attached hydrogens (tertiary/aromatic N) is 2. The molecule has 0 bridgehead atoms. The lowest BCUT2D eigenvalue weighted by Gasteiger charge is -2.26. The number of benzene rings is 1. The zero-order valence-corrected chi connectivity index (χ0v) is 13.5. The van der Waals surface area contributed by atoms with Crippen LogP contribution >= 0.6 is 0 Å². The Morgan fingerprint density at radius 1 is 1.38 bits per heavy atom. The summed E-state index contributed by atoms with van der Waals surface area (Å²) < 4.78 is 18.9. The van der Waals surface area contributed by atoms with Crippen LogP contribution in [0, 0.1) is 5.82 Å². The molecular formula is C17H20FN3O3. The monoisotopic (exact) mass is 333 g/mol. The van der Waals surface area contributed by atoms with Gasteiger partial charge in [0.15, 0.2) is 0 Å². The highest BCUT2D eigenvalue weighted by Gasteiger charge is 2.31. The maximum atomic E-state index is 13.2. The molecule has 2 aliphatic rings. The number of amides is 2. The van der Waals surface area contributed by atoms with E-state index in [2.05, 4.69) is 10.4 Å². The fourth-order valence-electron chi connectivity index (χ4n) is 2.98. The van der Waals surface area contributed by atoms with E-state index in [1.807, 2.05) is 0 Å². The summed E-state index contributed by atoms with van der Waals surface area (Å²) in [6.45, 7) is 0.649. The van der Waals surface area contributed by atoms with E-state index in [0.717, 1.165) is 18.4 Å². The molecule has 2 atom stereocenters. The topological polar surface area (TPSA) is 71.0 Å². The van der Waals surface area contributed by atoms with E-state index in [1.165, 1.54) is 24.2 Å². The first-order chi connectivity index (χ1) is 11.5. The van der Waals surface area contributed by atoms with Crippen LogP contribution in [-0.4, -0.2) is 42.3 Å². The summed E-state index contributed by atoms with van der Waals surface area (Å²) >= 11 is 0. The van der Waals surface area contributed by atoms with Crippen LogP contribution in [0.2, 0.25) is 0 Å². The van der Waals surface area contributed by atoms with Gasteiger partial charge in [-0.25, -0.2) is 9.40 Å². The van der Waals surface area contributed by atoms with E-state index in [1.54, 1.807) is 12.1 Å². The molecule has 1 aromatic rings. The Morgan fingerprint density at radius 2 is 2.12 bits per heavy atom. The number of carbonyl (C=O) groups excluding carboxylic acids is 2. The van der Waals surface area contributed by atoms with Crippen molar-refractivity contribution in [2.24, 2.45) is 5.10 Å². The molecule has 1 aromatic carbocycles. The van der Waals surface area contributed by atoms with Crippen molar-refractivity contribution >= 4 is 17.5 Å². The van der Waals surface area contributed by atoms with Crippen LogP contribution in [-0.2, 0) is 14.3 Å². The molecule has 3 rings (SSSR count). The standard InChI is InChI=1S/C17H20FN3O3/c1-21-15(22)9-8-13(20-21)17(23)19-16(14-3-2-10-24-14)11-4-6-12(18)7-5-11/h4-7,14,16H,2-3,8-10H2,1H3,(H,19,23). The van der Waals surface area contributed by atoms with Gasteiger partial charge in [0.05, 0.1) is 12.1 Å². The fourth-order valence-corrected chi connectivity index (χ4v) is 2.98. The quantitative estimate of drug-likeness (QED) is 0.913. The molecule has 2 amide bonds. The van der Waals surface area contributed by atoms with Crippen LogP contribution in [0.1, 0.15) is 37.3 Å². The van der Waals surface area contributed by atoms with Crippen molar-refractivity contribution in [3.8, 4) is 0 Å². The Hall–Kier alpha value is -2.28. The highest BCUT2D eigenvalue weighted by atomic mass is 19.1. The molecule has 1 fully saturated rings. The summed E-state index contributed by atoms with van der Waals surface area (Å²) in [5.74, 6) is -0.757. The van der Waals surface area contributed by atoms with Gasteiger partial charge >= 0.3 is 0 Å². The molecule has 0 aromatic heterocycles. The minimum atomic E-state index is -0.369. The van der Waals surface area contributed by atoms with Crippen molar-refractivity contribution in [2.45, 2.75) is 37.8 Å². The molecule has 0 aliphatic carbocycles. The maximum absolute atomic E-state index is 13.2. The Labute approximate surface area is 139 Å². The summed E-state index contributed by atoms with van der Waals surface area (Å²) in [7, 11) is 1.53. The predicted molar refractivity (Wildman–Crippen MR) is 85.7 cm³/mol. The van der Waals surface area contributed by atoms with Crippen LogP contribution < -0.4 is 5.32 Å². The molecule has 0 saturated carbocycles. The largest absolute Gasteiger partial charge is 0.376 e. The van der Waals surface area contributed by atoms with E-state index in [-0.39, 0.29) is 36.2 Å². The lowest BCUT2D eigenvalue weighted by Crippen LogP contribution is -2.42. The summed E-state index contributed by atoms with van der Waals surface area (Å²) in [5.41, 5.74) is 1.11. The lowest BCUT2D eigenvalue weighted by molar-refractivity contribution is -0.130. The van der Waals surface area contributed by atoms with E-state index < -0.39 is 0 Å². The van der Waals surface area contributed by atoms with Crippen LogP contribution in [0.15, 0.2) is 29.4 Å². The van der Waals surface area contributed by atoms with Crippen molar-refractivity contribution in [3.63, 3.8) is 0 Å². The second-order valence-electron chi connectivity index (χ2n) is 6.02. The minimum absolute atomic E-state index is 0.110. The Balaban J connectivity index is 1.78. The van der Waals surface area contributed by atoms with Gasteiger partial charge in [0, 0.05) is 26.5 Å². The zero-order chi connectivity index (χ0) is 17.1. The summed E-state index contributed by atoms with van der Waals surface area (Å²) in [6, 6.07) is 5.68. The van der Waals surface area contributed by atoms with E-state index in [0.29, 0.717) is 18.7 Å². The second kappa shape index (κ2) is 7.09. The van der Waals surface area contributed by atoms with Gasteiger partial charge in [-0.1, -0.05) is 12.1 Å². The number of rotatable bonds is 4. The third kappa shape index (κ3) is 3.62. The SMILES string of the molecule is CN1N=C(C(=O)NC(c2ccc(F)cc2)C2CCCO2)CCC1=O. The van der Waals surface area contributed by atoms with E-state index in [4.69, 9.17) is 4.74 Å². The Kier molecular flexibility index (Phi) is 4.89. The molecule has 24 heavy (non-hydrogen) atoms. The van der Waals surface area contributed by atoms with Gasteiger partial charge < -0.3 is 10.1 Å². The molecule has 0 spiro atoms. The summed E-state index contributed by atoms with van der Waals surface area (Å²) in [5, 5.41) is 8.17. The molecule has 2 heterocycles. The molecule has 2 aliphatic heterocycles. The number of ether oxygens (including phenoxy) is 1. The van der Waals surface area contributed by atoms with Crippen molar-refractivity contribution in [2.75, 3.05) is 13.7 Å². The van der Waals surface area contributed by atoms with Gasteiger partial charge in [-0.2, -0.15) is 5.10 Å². The number of nitrogens with one attached hydrogen (secondary N) is 1. The molecule has 2 unspecified atom stereocenters. The smallest absolute Gasteiger partial charge is 0.268 e. The maximum Gasteiger partial charge on any atom is 0.268 e. The lowest BCUT2D eigenvalue weighted by atomic mass is 9.98. The average Bonchev–Trinajstić information content (AvgIpc) is 3.10. The number of hydrogen-bond acceptors (Lipinski definition) is 4. The highest BCUT2D eigenvalue weighted by molar-refractivity contribution is 6.39. The van der Waals surface area contributed by atoms with Gasteiger partial charge in [0.25, 0.3) is 5.91 Å². The van der Waals surface area contributed by atoms with Crippen LogP contribution in [0.4, 0.5) is 4.39 Å². The first-order valence-electron chi connectivity index (χ1n) is 8.06. The number of carbonyl (C=O) groups is 2. The van der Waals surface area contributed by atoms with Crippen molar-refractivity contribution in [1.29, 1.82) is 0 Å². The molecule has 0 radical (unpaired) electrons. The zero-order valence-electron chi connectivity index (χ0n) is 13.5. The fraction of sp³-hybridized carbons (Fsp3) is 0.471. The molecule has 1 saturated heterocycles. The van der Waals surface area contributed by atoms with Crippen LogP contribution in [0.5, 0.6) is 0 Å². The van der Waals surface area contributed by atoms with Gasteiger partial charge in [0.2, 0.25) is 5.91 Å². The predicted octanol–water partition coefficient (Wildman–Crippen LogP) is 1.77. The molecule has 128 valence electrons. The molecule has 7 heteroatoms. The first-order valence-corrected chi connectivity index (χ1v) is 8.06. The average molecular weight is 333 g/mol. The van der Waals surface area contributed by atoms with Crippen molar-refractivity contribution < 1.29 is 18.7 Å². The van der Waals surface area contributed by atoms with Crippen LogP contribution in [0.25, 0.3) is 0 Å². The Morgan fingerprint density at radius 3 is 2.75 bits per heavy atom. The normalized spacial score (nSPS) is 22.2. The third-order valence-electron chi connectivity index (χ3n) is 4.32. The summed E-state index contributed by atoms with van der Waals surface area (Å²) in [4.78, 5) is 24.0. The molecule has 6 nitrogen and oxygen atoms in total. The number of hydrazone groups is 1. The van der Waals surface area contributed by atoms with E-state index >= 15 is 0 Å². The summed E-state index contributed by atoms with van der Waals surface area (Å²) in [6.07, 6.45) is 2.19. The molecular weight excluding hydrogens is 313 g/mol. The van der Waals surface area contributed by atoms with Gasteiger partial charge in [0.1, 0.15) is 11.5 Å². The van der Waals surface area contributed by atoms with Gasteiger partial charge in [-0.15, -0.1) is 0 Å². The van der Waals surface area contributed by atoms with Crippen LogP contribution in [0.3, 0.4) is 0 Å². The van der Waals surface area contributed by atoms with Crippen molar-refractivity contribution in [1.82, 2.24) is 10.3 Å². The number of hydrogen-bond donors (Lipinski definition) is 1. The Bertz CT molecular complexity index is 654. The van der Waals surface area contributed by atoms with Crippen molar-refractivity contribution in [3.05, 3.63) is 35.6 Å². The van der Waals surface area contributed by atoms with E-state index in [9.17, 15) is 14.0 Å². The third-order valence-corrected chi connectivity index (χ3v) is 4.32. The van der Waals surface area contributed by atoms with Gasteiger partial charge in [-0.3, -0.25) is 9.59 Å². The first kappa shape index (κ1) is 16.6. The molecule has 1 N–H and O–H groups in total. The minimum Gasteiger partial charge on any atom is -0.376 e. The second-order valence-corrected chi connectivity index (χ2v) is 6.02. The van der Waals surface area contributed by atoms with Gasteiger partial charge in [-0.05, 0) is 30.5 Å².